The van der Waals surface area contributed by atoms with Gasteiger partial charge in [-0.3, -0.25) is 14.4 Å². The molecular formula is C23H14Cl3N5O3S. The molecule has 35 heavy (non-hydrogen) atoms. The highest BCUT2D eigenvalue weighted by Crippen LogP contribution is 2.34. The lowest BCUT2D eigenvalue weighted by molar-refractivity contribution is 0.0702. The number of carboxylic acid groups (broad SMARTS) is 1. The van der Waals surface area contributed by atoms with E-state index in [1.165, 1.54) is 6.07 Å². The standard InChI is InChI=1S/C23H14Cl3N5O3S/c24-14-4-2-1-3-12(14)20-13-8-17(23(33)34)35-22(13)31-18(9-27-20)29-30-19(31)10-28-21(32)11-5-6-15(25)16(26)7-11/h1-8H,9-10H2,(H,28,32)(H,33,34). The van der Waals surface area contributed by atoms with Crippen LogP contribution in [0.2, 0.25) is 15.1 Å². The maximum absolute atomic E-state index is 12.7. The number of benzene rings is 2. The van der Waals surface area contributed by atoms with Crippen LogP contribution >= 0.6 is 46.1 Å². The van der Waals surface area contributed by atoms with Crippen LogP contribution in [0.25, 0.3) is 5.00 Å². The van der Waals surface area contributed by atoms with Crippen molar-refractivity contribution in [2.24, 2.45) is 4.99 Å². The van der Waals surface area contributed by atoms with Gasteiger partial charge in [0.15, 0.2) is 11.6 Å². The minimum Gasteiger partial charge on any atom is -0.477 e. The quantitative estimate of drug-likeness (QED) is 0.354. The molecule has 3 heterocycles. The third kappa shape index (κ3) is 4.43. The number of thiophene rings is 1. The molecule has 0 spiro atoms. The minimum atomic E-state index is -1.06. The number of aromatic carboxylic acids is 1. The van der Waals surface area contributed by atoms with Crippen LogP contribution < -0.4 is 5.32 Å². The number of halogens is 3. The van der Waals surface area contributed by atoms with Crippen LogP contribution in [0, 0.1) is 0 Å². The summed E-state index contributed by atoms with van der Waals surface area (Å²) in [6.07, 6.45) is 0. The summed E-state index contributed by atoms with van der Waals surface area (Å²) in [5, 5.41) is 22.6. The predicted octanol–water partition coefficient (Wildman–Crippen LogP) is 5.27. The topological polar surface area (TPSA) is 109 Å². The molecule has 0 saturated carbocycles. The normalized spacial score (nSPS) is 12.4. The zero-order valence-electron chi connectivity index (χ0n) is 17.6. The van der Waals surface area contributed by atoms with Gasteiger partial charge in [0.25, 0.3) is 5.91 Å². The fourth-order valence-corrected chi connectivity index (χ4v) is 5.21. The van der Waals surface area contributed by atoms with Crippen molar-refractivity contribution in [2.75, 3.05) is 0 Å². The Balaban J connectivity index is 1.52. The zero-order valence-corrected chi connectivity index (χ0v) is 20.7. The first kappa shape index (κ1) is 23.5. The monoisotopic (exact) mass is 545 g/mol. The van der Waals surface area contributed by atoms with Crippen molar-refractivity contribution >= 4 is 63.7 Å². The Labute approximate surface area is 217 Å². The maximum atomic E-state index is 12.7. The number of rotatable bonds is 5. The Hall–Kier alpha value is -3.24. The van der Waals surface area contributed by atoms with Gasteiger partial charge >= 0.3 is 5.97 Å². The molecule has 2 aromatic carbocycles. The summed E-state index contributed by atoms with van der Waals surface area (Å²) in [4.78, 5) is 29.3. The van der Waals surface area contributed by atoms with Gasteiger partial charge in [0.2, 0.25) is 0 Å². The third-order valence-electron chi connectivity index (χ3n) is 5.27. The number of aromatic nitrogens is 3. The van der Waals surface area contributed by atoms with Crippen molar-refractivity contribution in [1.29, 1.82) is 0 Å². The Morgan fingerprint density at radius 3 is 2.54 bits per heavy atom. The van der Waals surface area contributed by atoms with Gasteiger partial charge in [-0.05, 0) is 30.3 Å². The smallest absolute Gasteiger partial charge is 0.345 e. The number of hydrogen-bond donors (Lipinski definition) is 2. The average Bonchev–Trinajstić information content (AvgIpc) is 3.41. The van der Waals surface area contributed by atoms with Gasteiger partial charge in [0.1, 0.15) is 16.4 Å². The maximum Gasteiger partial charge on any atom is 0.345 e. The lowest BCUT2D eigenvalue weighted by Crippen LogP contribution is -2.24. The molecule has 2 aromatic heterocycles. The molecule has 8 nitrogen and oxygen atoms in total. The number of carbonyl (C=O) groups excluding carboxylic acids is 1. The van der Waals surface area contributed by atoms with E-state index >= 15 is 0 Å². The van der Waals surface area contributed by atoms with Crippen LogP contribution in [-0.4, -0.2) is 37.5 Å². The largest absolute Gasteiger partial charge is 0.477 e. The Bertz CT molecular complexity index is 1530. The molecule has 0 bridgehead atoms. The van der Waals surface area contributed by atoms with E-state index in [1.54, 1.807) is 28.8 Å². The second kappa shape index (κ2) is 9.43. The van der Waals surface area contributed by atoms with E-state index in [1.807, 2.05) is 18.2 Å². The van der Waals surface area contributed by atoms with Gasteiger partial charge in [-0.2, -0.15) is 0 Å². The molecule has 0 aliphatic carbocycles. The first-order valence-electron chi connectivity index (χ1n) is 10.2. The van der Waals surface area contributed by atoms with E-state index in [4.69, 9.17) is 39.8 Å². The van der Waals surface area contributed by atoms with Gasteiger partial charge in [0.05, 0.1) is 22.3 Å². The SMILES string of the molecule is O=C(NCc1nnc2n1-c1sc(C(=O)O)cc1C(c1ccccc1Cl)=NC2)c1ccc(Cl)c(Cl)c1. The highest BCUT2D eigenvalue weighted by atomic mass is 35.5. The summed E-state index contributed by atoms with van der Waals surface area (Å²) < 4.78 is 1.73. The van der Waals surface area contributed by atoms with Gasteiger partial charge < -0.3 is 10.4 Å². The number of nitrogens with one attached hydrogen (secondary N) is 1. The van der Waals surface area contributed by atoms with Crippen LogP contribution in [0.3, 0.4) is 0 Å². The van der Waals surface area contributed by atoms with Gasteiger partial charge in [-0.1, -0.05) is 53.0 Å². The molecule has 0 fully saturated rings. The molecule has 0 unspecified atom stereocenters. The van der Waals surface area contributed by atoms with Gasteiger partial charge in [-0.25, -0.2) is 4.79 Å². The molecule has 2 N–H and O–H groups in total. The summed E-state index contributed by atoms with van der Waals surface area (Å²) >= 11 is 19.5. The first-order valence-corrected chi connectivity index (χ1v) is 12.1. The molecule has 1 amide bonds. The number of carbonyl (C=O) groups is 2. The van der Waals surface area contributed by atoms with E-state index in [9.17, 15) is 14.7 Å². The Kier molecular flexibility index (Phi) is 6.33. The second-order valence-electron chi connectivity index (χ2n) is 7.46. The van der Waals surface area contributed by atoms with E-state index in [0.717, 1.165) is 11.3 Å². The van der Waals surface area contributed by atoms with Gasteiger partial charge in [-0.15, -0.1) is 21.5 Å². The summed E-state index contributed by atoms with van der Waals surface area (Å²) in [6, 6.07) is 13.4. The van der Waals surface area contributed by atoms with E-state index in [0.29, 0.717) is 49.1 Å². The van der Waals surface area contributed by atoms with Crippen molar-refractivity contribution < 1.29 is 14.7 Å². The summed E-state index contributed by atoms with van der Waals surface area (Å²) in [6.45, 7) is 0.228. The molecule has 0 saturated heterocycles. The highest BCUT2D eigenvalue weighted by Gasteiger charge is 2.28. The van der Waals surface area contributed by atoms with Crippen molar-refractivity contribution in [3.63, 3.8) is 0 Å². The van der Waals surface area contributed by atoms with Crippen molar-refractivity contribution in [2.45, 2.75) is 13.1 Å². The second-order valence-corrected chi connectivity index (χ2v) is 9.71. The van der Waals surface area contributed by atoms with E-state index < -0.39 is 5.97 Å². The molecular weight excluding hydrogens is 533 g/mol. The van der Waals surface area contributed by atoms with Crippen molar-refractivity contribution in [3.8, 4) is 5.00 Å². The molecule has 176 valence electrons. The van der Waals surface area contributed by atoms with Crippen molar-refractivity contribution in [3.05, 3.63) is 96.8 Å². The van der Waals surface area contributed by atoms with Crippen LogP contribution in [0.5, 0.6) is 0 Å². The summed E-state index contributed by atoms with van der Waals surface area (Å²) in [5.41, 5.74) is 2.17. The van der Waals surface area contributed by atoms with Crippen LogP contribution in [0.1, 0.15) is 42.8 Å². The predicted molar refractivity (Wildman–Crippen MR) is 135 cm³/mol. The number of aliphatic imine (C=N–C) groups is 1. The third-order valence-corrected chi connectivity index (χ3v) is 7.45. The number of hydrogen-bond acceptors (Lipinski definition) is 6. The lowest BCUT2D eigenvalue weighted by Gasteiger charge is -2.10. The zero-order chi connectivity index (χ0) is 24.7. The van der Waals surface area contributed by atoms with Crippen LogP contribution in [0.15, 0.2) is 53.5 Å². The van der Waals surface area contributed by atoms with E-state index in [-0.39, 0.29) is 28.9 Å². The number of nitrogens with zero attached hydrogens (tertiary/aromatic N) is 4. The number of amides is 1. The van der Waals surface area contributed by atoms with Crippen LogP contribution in [0.4, 0.5) is 0 Å². The first-order chi connectivity index (χ1) is 16.8. The fraction of sp³-hybridized carbons (Fsp3) is 0.0870. The molecule has 0 radical (unpaired) electrons. The molecule has 12 heteroatoms. The number of fused-ring (bicyclic) bond motifs is 3. The lowest BCUT2D eigenvalue weighted by atomic mass is 10.0. The molecule has 0 atom stereocenters. The molecule has 4 aromatic rings. The van der Waals surface area contributed by atoms with E-state index in [2.05, 4.69) is 15.5 Å². The molecule has 1 aliphatic heterocycles. The average molecular weight is 547 g/mol. The highest BCUT2D eigenvalue weighted by molar-refractivity contribution is 7.16. The van der Waals surface area contributed by atoms with Crippen LogP contribution in [-0.2, 0) is 13.1 Å². The van der Waals surface area contributed by atoms with Crippen molar-refractivity contribution in [1.82, 2.24) is 20.1 Å². The molecule has 1 aliphatic rings. The Morgan fingerprint density at radius 2 is 1.80 bits per heavy atom. The fourth-order valence-electron chi connectivity index (χ4n) is 3.64. The molecule has 5 rings (SSSR count). The Morgan fingerprint density at radius 1 is 1.00 bits per heavy atom. The minimum absolute atomic E-state index is 0.0350. The number of carboxylic acids is 1. The summed E-state index contributed by atoms with van der Waals surface area (Å²) in [5.74, 6) is -0.513. The summed E-state index contributed by atoms with van der Waals surface area (Å²) in [7, 11) is 0. The van der Waals surface area contributed by atoms with Gasteiger partial charge in [0, 0.05) is 21.7 Å².